The molecule has 0 bridgehead atoms. The number of hydrogen-bond donors (Lipinski definition) is 1. The van der Waals surface area contributed by atoms with Crippen molar-refractivity contribution in [2.45, 2.75) is 57.3 Å². The molecule has 1 aliphatic carbocycles. The second kappa shape index (κ2) is 5.28. The van der Waals surface area contributed by atoms with Crippen molar-refractivity contribution in [3.05, 3.63) is 0 Å². The highest BCUT2D eigenvalue weighted by atomic mass is 16.5. The summed E-state index contributed by atoms with van der Waals surface area (Å²) in [7, 11) is 0. The second-order valence-electron chi connectivity index (χ2n) is 4.76. The minimum atomic E-state index is -0.0753. The van der Waals surface area contributed by atoms with Crippen molar-refractivity contribution in [1.82, 2.24) is 4.90 Å². The Morgan fingerprint density at radius 1 is 1.20 bits per heavy atom. The van der Waals surface area contributed by atoms with Crippen LogP contribution in [-0.2, 0) is 4.74 Å². The van der Waals surface area contributed by atoms with Crippen LogP contribution in [0.1, 0.15) is 39.0 Å². The third kappa shape index (κ3) is 2.71. The van der Waals surface area contributed by atoms with Gasteiger partial charge in [0.25, 0.3) is 0 Å². The highest BCUT2D eigenvalue weighted by Crippen LogP contribution is 2.27. The van der Waals surface area contributed by atoms with E-state index in [0.717, 1.165) is 39.0 Å². The van der Waals surface area contributed by atoms with E-state index in [4.69, 9.17) is 4.74 Å². The summed E-state index contributed by atoms with van der Waals surface area (Å²) in [6.45, 7) is 5.10. The van der Waals surface area contributed by atoms with Gasteiger partial charge >= 0.3 is 0 Å². The smallest absolute Gasteiger partial charge is 0.0695 e. The highest BCUT2D eigenvalue weighted by molar-refractivity contribution is 4.87. The quantitative estimate of drug-likeness (QED) is 0.769. The first-order chi connectivity index (χ1) is 7.31. The van der Waals surface area contributed by atoms with E-state index in [1.165, 1.54) is 12.8 Å². The summed E-state index contributed by atoms with van der Waals surface area (Å²) in [5.74, 6) is 0. The van der Waals surface area contributed by atoms with Crippen LogP contribution < -0.4 is 0 Å². The van der Waals surface area contributed by atoms with Crippen molar-refractivity contribution in [3.63, 3.8) is 0 Å². The number of aliphatic hydroxyl groups is 1. The van der Waals surface area contributed by atoms with Gasteiger partial charge in [-0.1, -0.05) is 0 Å². The van der Waals surface area contributed by atoms with E-state index in [1.807, 2.05) is 0 Å². The lowest BCUT2D eigenvalue weighted by molar-refractivity contribution is -0.0126. The van der Waals surface area contributed by atoms with Crippen molar-refractivity contribution in [3.8, 4) is 0 Å². The summed E-state index contributed by atoms with van der Waals surface area (Å²) in [6, 6.07) is 0.438. The van der Waals surface area contributed by atoms with E-state index in [9.17, 15) is 5.11 Å². The first-order valence-corrected chi connectivity index (χ1v) is 6.35. The van der Waals surface area contributed by atoms with Crippen molar-refractivity contribution in [2.75, 3.05) is 19.7 Å². The summed E-state index contributed by atoms with van der Waals surface area (Å²) in [5.41, 5.74) is 0. The second-order valence-corrected chi connectivity index (χ2v) is 4.76. The molecule has 2 aliphatic rings. The molecule has 0 spiro atoms. The molecule has 0 aromatic heterocycles. The Morgan fingerprint density at radius 2 is 1.93 bits per heavy atom. The Hall–Kier alpha value is -0.120. The molecule has 1 saturated heterocycles. The molecule has 2 rings (SSSR count). The molecular formula is C12H23NO2. The fraction of sp³-hybridized carbons (Fsp3) is 1.00. The molecule has 2 fully saturated rings. The lowest BCUT2D eigenvalue weighted by Gasteiger charge is -2.37. The molecular weight excluding hydrogens is 190 g/mol. The molecule has 1 saturated carbocycles. The van der Waals surface area contributed by atoms with Gasteiger partial charge < -0.3 is 9.84 Å². The molecule has 3 nitrogen and oxygen atoms in total. The Morgan fingerprint density at radius 3 is 2.47 bits per heavy atom. The van der Waals surface area contributed by atoms with Gasteiger partial charge in [-0.15, -0.1) is 0 Å². The zero-order chi connectivity index (χ0) is 10.7. The number of aliphatic hydroxyl groups excluding tert-OH is 1. The van der Waals surface area contributed by atoms with Crippen LogP contribution in [0.15, 0.2) is 0 Å². The molecule has 2 unspecified atom stereocenters. The third-order valence-corrected chi connectivity index (χ3v) is 3.79. The minimum Gasteiger partial charge on any atom is -0.391 e. The molecule has 1 N–H and O–H groups in total. The Bertz CT molecular complexity index is 190. The Balaban J connectivity index is 1.77. The van der Waals surface area contributed by atoms with Gasteiger partial charge in [0, 0.05) is 25.7 Å². The summed E-state index contributed by atoms with van der Waals surface area (Å²) in [5, 5.41) is 9.84. The van der Waals surface area contributed by atoms with Gasteiger partial charge in [0.1, 0.15) is 0 Å². The van der Waals surface area contributed by atoms with Crippen LogP contribution in [0.4, 0.5) is 0 Å². The average Bonchev–Trinajstić information content (AvgIpc) is 2.66. The number of rotatable bonds is 3. The molecule has 0 amide bonds. The molecule has 15 heavy (non-hydrogen) atoms. The van der Waals surface area contributed by atoms with E-state index >= 15 is 0 Å². The van der Waals surface area contributed by atoms with Crippen molar-refractivity contribution < 1.29 is 9.84 Å². The molecule has 0 aromatic rings. The van der Waals surface area contributed by atoms with Gasteiger partial charge in [-0.05, 0) is 39.0 Å². The van der Waals surface area contributed by atoms with Gasteiger partial charge in [0.2, 0.25) is 0 Å². The van der Waals surface area contributed by atoms with Crippen LogP contribution in [0.3, 0.4) is 0 Å². The van der Waals surface area contributed by atoms with Gasteiger partial charge in [0.05, 0.1) is 12.2 Å². The molecule has 0 aromatic carbocycles. The number of hydrogen-bond acceptors (Lipinski definition) is 3. The van der Waals surface area contributed by atoms with Gasteiger partial charge in [-0.3, -0.25) is 4.90 Å². The van der Waals surface area contributed by atoms with Crippen molar-refractivity contribution in [2.24, 2.45) is 0 Å². The third-order valence-electron chi connectivity index (χ3n) is 3.79. The maximum Gasteiger partial charge on any atom is 0.0695 e. The number of likely N-dealkylation sites (tertiary alicyclic amines) is 1. The van der Waals surface area contributed by atoms with E-state index in [2.05, 4.69) is 11.8 Å². The van der Waals surface area contributed by atoms with Crippen LogP contribution in [0.25, 0.3) is 0 Å². The maximum absolute atomic E-state index is 9.84. The van der Waals surface area contributed by atoms with Gasteiger partial charge in [0.15, 0.2) is 0 Å². The zero-order valence-electron chi connectivity index (χ0n) is 9.69. The first kappa shape index (κ1) is 11.4. The van der Waals surface area contributed by atoms with E-state index in [1.54, 1.807) is 0 Å². The summed E-state index contributed by atoms with van der Waals surface area (Å²) >= 11 is 0. The Labute approximate surface area is 92.4 Å². The molecule has 1 heterocycles. The van der Waals surface area contributed by atoms with Gasteiger partial charge in [-0.2, -0.15) is 0 Å². The van der Waals surface area contributed by atoms with Crippen LogP contribution in [-0.4, -0.2) is 48.0 Å². The molecule has 1 aliphatic heterocycles. The van der Waals surface area contributed by atoms with Crippen LogP contribution in [0.5, 0.6) is 0 Å². The fourth-order valence-corrected chi connectivity index (χ4v) is 2.96. The van der Waals surface area contributed by atoms with Crippen molar-refractivity contribution >= 4 is 0 Å². The standard InChI is InChI=1S/C12H23NO2/c1-2-15-10-6-8-13(9-7-10)11-4-3-5-12(11)14/h10-12,14H,2-9H2,1H3. The van der Waals surface area contributed by atoms with Crippen molar-refractivity contribution in [1.29, 1.82) is 0 Å². The van der Waals surface area contributed by atoms with Crippen LogP contribution in [0.2, 0.25) is 0 Å². The fourth-order valence-electron chi connectivity index (χ4n) is 2.96. The number of nitrogens with zero attached hydrogens (tertiary/aromatic N) is 1. The van der Waals surface area contributed by atoms with E-state index < -0.39 is 0 Å². The molecule has 0 radical (unpaired) electrons. The monoisotopic (exact) mass is 213 g/mol. The van der Waals surface area contributed by atoms with Crippen LogP contribution in [0, 0.1) is 0 Å². The summed E-state index contributed by atoms with van der Waals surface area (Å²) in [4.78, 5) is 2.47. The maximum atomic E-state index is 9.84. The minimum absolute atomic E-state index is 0.0753. The summed E-state index contributed by atoms with van der Waals surface area (Å²) in [6.07, 6.45) is 6.03. The normalized spacial score (nSPS) is 34.8. The highest BCUT2D eigenvalue weighted by Gasteiger charge is 2.32. The average molecular weight is 213 g/mol. The lowest BCUT2D eigenvalue weighted by Crippen LogP contribution is -2.46. The zero-order valence-corrected chi connectivity index (χ0v) is 9.69. The first-order valence-electron chi connectivity index (χ1n) is 6.35. The predicted octanol–water partition coefficient (Wildman–Crippen LogP) is 1.40. The summed E-state index contributed by atoms with van der Waals surface area (Å²) < 4.78 is 5.63. The van der Waals surface area contributed by atoms with Crippen LogP contribution >= 0.6 is 0 Å². The largest absolute Gasteiger partial charge is 0.391 e. The SMILES string of the molecule is CCOC1CCN(C2CCCC2O)CC1. The topological polar surface area (TPSA) is 32.7 Å². The molecule has 2 atom stereocenters. The predicted molar refractivity (Wildman–Crippen MR) is 59.9 cm³/mol. The van der Waals surface area contributed by atoms with Gasteiger partial charge in [-0.25, -0.2) is 0 Å². The Kier molecular flexibility index (Phi) is 4.00. The van der Waals surface area contributed by atoms with E-state index in [0.29, 0.717) is 12.1 Å². The lowest BCUT2D eigenvalue weighted by atomic mass is 10.0. The molecule has 88 valence electrons. The number of ether oxygens (including phenoxy) is 1. The molecule has 3 heteroatoms. The van der Waals surface area contributed by atoms with E-state index in [-0.39, 0.29) is 6.10 Å². The number of piperidine rings is 1.